The van der Waals surface area contributed by atoms with Gasteiger partial charge in [0.25, 0.3) is 5.91 Å². The summed E-state index contributed by atoms with van der Waals surface area (Å²) in [6, 6.07) is 19.2. The summed E-state index contributed by atoms with van der Waals surface area (Å²) in [7, 11) is 0. The zero-order valence-corrected chi connectivity index (χ0v) is 17.2. The first-order valence-electron chi connectivity index (χ1n) is 10.1. The summed E-state index contributed by atoms with van der Waals surface area (Å²) in [6.45, 7) is 0.668. The lowest BCUT2D eigenvalue weighted by Gasteiger charge is -2.23. The van der Waals surface area contributed by atoms with E-state index in [1.54, 1.807) is 48.5 Å². The van der Waals surface area contributed by atoms with Crippen LogP contribution in [0.25, 0.3) is 16.8 Å². The molecule has 2 aromatic carbocycles. The third-order valence-corrected chi connectivity index (χ3v) is 5.43. The molecule has 1 aliphatic rings. The Morgan fingerprint density at radius 1 is 0.906 bits per heavy atom. The molecule has 2 heterocycles. The van der Waals surface area contributed by atoms with Crippen molar-refractivity contribution < 1.29 is 19.5 Å². The van der Waals surface area contributed by atoms with Gasteiger partial charge in [-0.25, -0.2) is 9.78 Å². The van der Waals surface area contributed by atoms with E-state index >= 15 is 0 Å². The monoisotopic (exact) mass is 427 g/mol. The standard InChI is InChI=1S/C25H21N3O4/c26-24(30)20-10-11-21(16-12-14-28(15-13-16)25(31)32)27-22(20)17-6-8-19(9-7-17)23(29)18-4-2-1-3-5-18/h1-12H,13-15H2,(H2,26,30)(H,31,32). The Bertz CT molecular complexity index is 1220. The smallest absolute Gasteiger partial charge is 0.407 e. The highest BCUT2D eigenvalue weighted by Gasteiger charge is 2.20. The second-order valence-corrected chi connectivity index (χ2v) is 7.44. The third-order valence-electron chi connectivity index (χ3n) is 5.43. The fourth-order valence-electron chi connectivity index (χ4n) is 3.67. The van der Waals surface area contributed by atoms with E-state index in [4.69, 9.17) is 10.8 Å². The van der Waals surface area contributed by atoms with Gasteiger partial charge in [-0.2, -0.15) is 0 Å². The maximum absolute atomic E-state index is 12.7. The number of nitrogens with zero attached hydrogens (tertiary/aromatic N) is 2. The second kappa shape index (κ2) is 8.85. The van der Waals surface area contributed by atoms with Crippen molar-refractivity contribution in [2.45, 2.75) is 6.42 Å². The van der Waals surface area contributed by atoms with Crippen LogP contribution in [0.3, 0.4) is 0 Å². The molecular weight excluding hydrogens is 406 g/mol. The number of amides is 2. The number of pyridine rings is 1. The summed E-state index contributed by atoms with van der Waals surface area (Å²) in [4.78, 5) is 41.8. The van der Waals surface area contributed by atoms with Gasteiger partial charge in [0.1, 0.15) is 0 Å². The SMILES string of the molecule is NC(=O)c1ccc(C2=CCN(C(=O)O)CC2)nc1-c1ccc(C(=O)c2ccccc2)cc1. The Balaban J connectivity index is 1.66. The van der Waals surface area contributed by atoms with Crippen LogP contribution in [0.1, 0.15) is 38.4 Å². The predicted molar refractivity (Wildman–Crippen MR) is 120 cm³/mol. The van der Waals surface area contributed by atoms with Crippen molar-refractivity contribution in [3.8, 4) is 11.3 Å². The number of carboxylic acid groups (broad SMARTS) is 1. The lowest BCUT2D eigenvalue weighted by molar-refractivity contribution is 0.0998. The number of hydrogen-bond donors (Lipinski definition) is 2. The van der Waals surface area contributed by atoms with Gasteiger partial charge in [0.2, 0.25) is 0 Å². The van der Waals surface area contributed by atoms with Crippen LogP contribution in [0.5, 0.6) is 0 Å². The number of ketones is 1. The van der Waals surface area contributed by atoms with Gasteiger partial charge in [-0.05, 0) is 24.1 Å². The molecule has 2 amide bonds. The third kappa shape index (κ3) is 4.27. The van der Waals surface area contributed by atoms with Crippen molar-refractivity contribution in [1.82, 2.24) is 9.88 Å². The molecule has 32 heavy (non-hydrogen) atoms. The van der Waals surface area contributed by atoms with Gasteiger partial charge in [0.05, 0.1) is 17.0 Å². The highest BCUT2D eigenvalue weighted by atomic mass is 16.4. The molecule has 0 unspecified atom stereocenters. The van der Waals surface area contributed by atoms with Gasteiger partial charge in [-0.1, -0.05) is 60.7 Å². The molecule has 0 saturated carbocycles. The number of hydrogen-bond acceptors (Lipinski definition) is 4. The molecule has 0 bridgehead atoms. The zero-order valence-electron chi connectivity index (χ0n) is 17.2. The van der Waals surface area contributed by atoms with Crippen molar-refractivity contribution in [1.29, 1.82) is 0 Å². The van der Waals surface area contributed by atoms with E-state index in [-0.39, 0.29) is 17.9 Å². The number of rotatable bonds is 5. The molecule has 3 aromatic rings. The Hall–Kier alpha value is -4.26. The average Bonchev–Trinajstić information content (AvgIpc) is 2.84. The Morgan fingerprint density at radius 3 is 2.19 bits per heavy atom. The van der Waals surface area contributed by atoms with Crippen LogP contribution in [-0.4, -0.2) is 45.9 Å². The molecule has 0 radical (unpaired) electrons. The number of carbonyl (C=O) groups is 3. The first kappa shape index (κ1) is 21.0. The summed E-state index contributed by atoms with van der Waals surface area (Å²) < 4.78 is 0. The molecular formula is C25H21N3O4. The van der Waals surface area contributed by atoms with Gasteiger partial charge >= 0.3 is 6.09 Å². The fraction of sp³-hybridized carbons (Fsp3) is 0.120. The van der Waals surface area contributed by atoms with E-state index in [0.29, 0.717) is 41.0 Å². The fourth-order valence-corrected chi connectivity index (χ4v) is 3.67. The topological polar surface area (TPSA) is 114 Å². The van der Waals surface area contributed by atoms with Crippen LogP contribution in [0.15, 0.2) is 72.8 Å². The Morgan fingerprint density at radius 2 is 1.59 bits per heavy atom. The molecule has 7 nitrogen and oxygen atoms in total. The van der Waals surface area contributed by atoms with E-state index in [9.17, 15) is 14.4 Å². The van der Waals surface area contributed by atoms with E-state index in [2.05, 4.69) is 4.98 Å². The van der Waals surface area contributed by atoms with E-state index in [0.717, 1.165) is 5.57 Å². The minimum absolute atomic E-state index is 0.0932. The van der Waals surface area contributed by atoms with Crippen molar-refractivity contribution in [2.75, 3.05) is 13.1 Å². The van der Waals surface area contributed by atoms with Gasteiger partial charge < -0.3 is 15.7 Å². The summed E-state index contributed by atoms with van der Waals surface area (Å²) >= 11 is 0. The molecule has 7 heteroatoms. The van der Waals surface area contributed by atoms with E-state index in [1.165, 1.54) is 4.90 Å². The molecule has 3 N–H and O–H groups in total. The zero-order chi connectivity index (χ0) is 22.7. The van der Waals surface area contributed by atoms with Crippen molar-refractivity contribution >= 4 is 23.4 Å². The Labute approximate surface area is 184 Å². The first-order chi connectivity index (χ1) is 15.4. The van der Waals surface area contributed by atoms with Crippen molar-refractivity contribution in [3.05, 3.63) is 95.2 Å². The second-order valence-electron chi connectivity index (χ2n) is 7.44. The van der Waals surface area contributed by atoms with Gasteiger partial charge in [0, 0.05) is 29.8 Å². The number of nitrogens with two attached hydrogens (primary N) is 1. The summed E-state index contributed by atoms with van der Waals surface area (Å²) in [5.41, 5.74) is 9.63. The molecule has 0 atom stereocenters. The van der Waals surface area contributed by atoms with Crippen molar-refractivity contribution in [3.63, 3.8) is 0 Å². The minimum Gasteiger partial charge on any atom is -0.465 e. The summed E-state index contributed by atoms with van der Waals surface area (Å²) in [6.07, 6.45) is 1.40. The average molecular weight is 427 g/mol. The summed E-state index contributed by atoms with van der Waals surface area (Å²) in [5.74, 6) is -0.692. The predicted octanol–water partition coefficient (Wildman–Crippen LogP) is 3.85. The van der Waals surface area contributed by atoms with Crippen LogP contribution < -0.4 is 5.73 Å². The molecule has 0 spiro atoms. The molecule has 160 valence electrons. The van der Waals surface area contributed by atoms with E-state index < -0.39 is 12.0 Å². The normalized spacial score (nSPS) is 13.4. The molecule has 0 saturated heterocycles. The van der Waals surface area contributed by atoms with E-state index in [1.807, 2.05) is 24.3 Å². The number of aromatic nitrogens is 1. The van der Waals surface area contributed by atoms with Crippen LogP contribution in [0.4, 0.5) is 4.79 Å². The molecule has 0 fully saturated rings. The van der Waals surface area contributed by atoms with Crippen molar-refractivity contribution in [2.24, 2.45) is 5.73 Å². The van der Waals surface area contributed by atoms with Crippen LogP contribution >= 0.6 is 0 Å². The minimum atomic E-state index is -0.955. The summed E-state index contributed by atoms with van der Waals surface area (Å²) in [5, 5.41) is 9.13. The Kier molecular flexibility index (Phi) is 5.81. The number of carbonyl (C=O) groups excluding carboxylic acids is 2. The highest BCUT2D eigenvalue weighted by Crippen LogP contribution is 2.27. The maximum atomic E-state index is 12.7. The highest BCUT2D eigenvalue weighted by molar-refractivity contribution is 6.09. The van der Waals surface area contributed by atoms with Crippen LogP contribution in [-0.2, 0) is 0 Å². The quantitative estimate of drug-likeness (QED) is 0.601. The van der Waals surface area contributed by atoms with Gasteiger partial charge in [-0.3, -0.25) is 9.59 Å². The lowest BCUT2D eigenvalue weighted by atomic mass is 9.98. The lowest BCUT2D eigenvalue weighted by Crippen LogP contribution is -2.33. The van der Waals surface area contributed by atoms with Gasteiger partial charge in [-0.15, -0.1) is 0 Å². The van der Waals surface area contributed by atoms with Crippen LogP contribution in [0, 0.1) is 0 Å². The molecule has 4 rings (SSSR count). The van der Waals surface area contributed by atoms with Crippen LogP contribution in [0.2, 0.25) is 0 Å². The number of primary amides is 1. The molecule has 0 aliphatic carbocycles. The van der Waals surface area contributed by atoms with Gasteiger partial charge in [0.15, 0.2) is 5.78 Å². The number of benzene rings is 2. The largest absolute Gasteiger partial charge is 0.465 e. The molecule has 1 aromatic heterocycles. The first-order valence-corrected chi connectivity index (χ1v) is 10.1. The maximum Gasteiger partial charge on any atom is 0.407 e. The molecule has 1 aliphatic heterocycles.